The van der Waals surface area contributed by atoms with Crippen LogP contribution < -0.4 is 9.47 Å². The van der Waals surface area contributed by atoms with Crippen molar-refractivity contribution in [1.82, 2.24) is 4.90 Å². The quantitative estimate of drug-likeness (QED) is 0.814. The molecule has 1 amide bonds. The van der Waals surface area contributed by atoms with E-state index < -0.39 is 5.60 Å². The third-order valence-corrected chi connectivity index (χ3v) is 5.79. The zero-order valence-electron chi connectivity index (χ0n) is 16.1. The molecule has 0 bridgehead atoms. The fraction of sp³-hybridized carbons (Fsp3) is 0.391. The number of methoxy groups -OCH3 is 1. The lowest BCUT2D eigenvalue weighted by Crippen LogP contribution is -2.52. The summed E-state index contributed by atoms with van der Waals surface area (Å²) in [5.74, 6) is 1.54. The van der Waals surface area contributed by atoms with E-state index in [1.165, 1.54) is 5.56 Å². The maximum atomic E-state index is 12.7. The highest BCUT2D eigenvalue weighted by molar-refractivity contribution is 6.00. The third kappa shape index (κ3) is 3.75. The smallest absolute Gasteiger partial charge is 0.222 e. The van der Waals surface area contributed by atoms with Crippen LogP contribution in [0.1, 0.15) is 41.6 Å². The molecule has 0 aromatic heterocycles. The van der Waals surface area contributed by atoms with Gasteiger partial charge in [-0.05, 0) is 30.2 Å². The molecule has 2 heterocycles. The summed E-state index contributed by atoms with van der Waals surface area (Å²) < 4.78 is 11.5. The first kappa shape index (κ1) is 18.5. The van der Waals surface area contributed by atoms with Crippen LogP contribution in [0.25, 0.3) is 0 Å². The highest BCUT2D eigenvalue weighted by atomic mass is 16.5. The number of nitrogens with zero attached hydrogens (tertiary/aromatic N) is 1. The summed E-state index contributed by atoms with van der Waals surface area (Å²) in [5.41, 5.74) is 1.28. The number of carbonyl (C=O) groups excluding carboxylic acids is 2. The molecule has 0 saturated carbocycles. The SMILES string of the molecule is COc1ccc2c(c1)C(=O)CC1(CCN(C(=O)CCc3ccccc3)CC1)O2. The summed E-state index contributed by atoms with van der Waals surface area (Å²) in [6.07, 6.45) is 2.99. The minimum Gasteiger partial charge on any atom is -0.497 e. The van der Waals surface area contributed by atoms with E-state index in [2.05, 4.69) is 0 Å². The van der Waals surface area contributed by atoms with E-state index >= 15 is 0 Å². The summed E-state index contributed by atoms with van der Waals surface area (Å²) in [7, 11) is 1.59. The monoisotopic (exact) mass is 379 g/mol. The summed E-state index contributed by atoms with van der Waals surface area (Å²) in [5, 5.41) is 0. The molecule has 0 aliphatic carbocycles. The molecule has 1 fully saturated rings. The van der Waals surface area contributed by atoms with Crippen LogP contribution in [0, 0.1) is 0 Å². The molecule has 2 aliphatic rings. The van der Waals surface area contributed by atoms with Crippen LogP contribution in [0.3, 0.4) is 0 Å². The Labute approximate surface area is 165 Å². The van der Waals surface area contributed by atoms with E-state index in [0.717, 1.165) is 6.42 Å². The van der Waals surface area contributed by atoms with Crippen molar-refractivity contribution in [1.29, 1.82) is 0 Å². The van der Waals surface area contributed by atoms with Crippen molar-refractivity contribution in [3.63, 3.8) is 0 Å². The molecule has 2 aromatic carbocycles. The number of ether oxygens (including phenoxy) is 2. The van der Waals surface area contributed by atoms with Crippen molar-refractivity contribution in [2.45, 2.75) is 37.7 Å². The number of fused-ring (bicyclic) bond motifs is 1. The number of rotatable bonds is 4. The van der Waals surface area contributed by atoms with E-state index in [0.29, 0.717) is 55.8 Å². The molecular formula is C23H25NO4. The normalized spacial score (nSPS) is 17.8. The van der Waals surface area contributed by atoms with E-state index in [9.17, 15) is 9.59 Å². The Kier molecular flexibility index (Phi) is 5.07. The number of likely N-dealkylation sites (tertiary alicyclic amines) is 1. The lowest BCUT2D eigenvalue weighted by atomic mass is 9.82. The Morgan fingerprint density at radius 3 is 2.61 bits per heavy atom. The van der Waals surface area contributed by atoms with E-state index in [-0.39, 0.29) is 11.7 Å². The van der Waals surface area contributed by atoms with Crippen molar-refractivity contribution < 1.29 is 19.1 Å². The maximum Gasteiger partial charge on any atom is 0.222 e. The molecule has 1 saturated heterocycles. The molecule has 1 spiro atoms. The summed E-state index contributed by atoms with van der Waals surface area (Å²) >= 11 is 0. The van der Waals surface area contributed by atoms with E-state index in [1.54, 1.807) is 13.2 Å². The number of hydrogen-bond acceptors (Lipinski definition) is 4. The number of Topliss-reactive ketones (excluding diaryl/α,β-unsaturated/α-hetero) is 1. The van der Waals surface area contributed by atoms with Crippen molar-refractivity contribution in [3.8, 4) is 11.5 Å². The van der Waals surface area contributed by atoms with Crippen molar-refractivity contribution >= 4 is 11.7 Å². The van der Waals surface area contributed by atoms with E-state index in [1.807, 2.05) is 47.4 Å². The lowest BCUT2D eigenvalue weighted by Gasteiger charge is -2.44. The molecule has 2 aromatic rings. The summed E-state index contributed by atoms with van der Waals surface area (Å²) in [4.78, 5) is 27.2. The highest BCUT2D eigenvalue weighted by Crippen LogP contribution is 2.40. The van der Waals surface area contributed by atoms with Crippen LogP contribution in [0.5, 0.6) is 11.5 Å². The number of hydrogen-bond donors (Lipinski definition) is 0. The third-order valence-electron chi connectivity index (χ3n) is 5.79. The molecule has 2 aliphatic heterocycles. The van der Waals surface area contributed by atoms with Gasteiger partial charge in [0, 0.05) is 32.4 Å². The van der Waals surface area contributed by atoms with Crippen molar-refractivity contribution in [2.75, 3.05) is 20.2 Å². The van der Waals surface area contributed by atoms with Gasteiger partial charge in [0.05, 0.1) is 19.1 Å². The molecule has 5 nitrogen and oxygen atoms in total. The first-order chi connectivity index (χ1) is 13.6. The minimum atomic E-state index is -0.491. The Hall–Kier alpha value is -2.82. The predicted octanol–water partition coefficient (Wildman–Crippen LogP) is 3.65. The second-order valence-corrected chi connectivity index (χ2v) is 7.61. The van der Waals surface area contributed by atoms with Crippen molar-refractivity contribution in [3.05, 3.63) is 59.7 Å². The zero-order valence-corrected chi connectivity index (χ0v) is 16.1. The van der Waals surface area contributed by atoms with Gasteiger partial charge in [-0.2, -0.15) is 0 Å². The van der Waals surface area contributed by atoms with Crippen LogP contribution in [0.2, 0.25) is 0 Å². The molecule has 0 radical (unpaired) electrons. The van der Waals surface area contributed by atoms with Gasteiger partial charge in [0.15, 0.2) is 5.78 Å². The summed E-state index contributed by atoms with van der Waals surface area (Å²) in [6, 6.07) is 15.4. The molecule has 0 atom stereocenters. The van der Waals surface area contributed by atoms with Gasteiger partial charge in [-0.25, -0.2) is 0 Å². The second kappa shape index (κ2) is 7.66. The average Bonchev–Trinajstić information content (AvgIpc) is 2.73. The maximum absolute atomic E-state index is 12.7. The molecule has 146 valence electrons. The fourth-order valence-corrected chi connectivity index (χ4v) is 4.10. The molecule has 0 N–H and O–H groups in total. The van der Waals surface area contributed by atoms with Crippen LogP contribution in [0.15, 0.2) is 48.5 Å². The topological polar surface area (TPSA) is 55.8 Å². The van der Waals surface area contributed by atoms with E-state index in [4.69, 9.17) is 9.47 Å². The number of ketones is 1. The molecule has 5 heteroatoms. The Bertz CT molecular complexity index is 869. The molecule has 0 unspecified atom stereocenters. The Morgan fingerprint density at radius 2 is 1.89 bits per heavy atom. The lowest BCUT2D eigenvalue weighted by molar-refractivity contribution is -0.134. The molecule has 4 rings (SSSR count). The first-order valence-corrected chi connectivity index (χ1v) is 9.80. The predicted molar refractivity (Wildman–Crippen MR) is 106 cm³/mol. The Balaban J connectivity index is 1.37. The van der Waals surface area contributed by atoms with Gasteiger partial charge < -0.3 is 14.4 Å². The van der Waals surface area contributed by atoms with Crippen LogP contribution >= 0.6 is 0 Å². The van der Waals surface area contributed by atoms with Gasteiger partial charge in [-0.3, -0.25) is 9.59 Å². The zero-order chi connectivity index (χ0) is 19.6. The Morgan fingerprint density at radius 1 is 1.14 bits per heavy atom. The van der Waals surface area contributed by atoms with Crippen LogP contribution in [-0.2, 0) is 11.2 Å². The minimum absolute atomic E-state index is 0.0870. The van der Waals surface area contributed by atoms with Crippen LogP contribution in [0.4, 0.5) is 0 Å². The largest absolute Gasteiger partial charge is 0.497 e. The molecular weight excluding hydrogens is 354 g/mol. The summed E-state index contributed by atoms with van der Waals surface area (Å²) in [6.45, 7) is 1.26. The second-order valence-electron chi connectivity index (χ2n) is 7.61. The standard InChI is InChI=1S/C23H25NO4/c1-27-18-8-9-21-19(15-18)20(25)16-23(28-21)11-13-24(14-12-23)22(26)10-7-17-5-3-2-4-6-17/h2-6,8-9,15H,7,10-14,16H2,1H3. The van der Waals surface area contributed by atoms with Gasteiger partial charge in [0.2, 0.25) is 5.91 Å². The van der Waals surface area contributed by atoms with Crippen LogP contribution in [-0.4, -0.2) is 42.4 Å². The fourth-order valence-electron chi connectivity index (χ4n) is 4.10. The van der Waals surface area contributed by atoms with Gasteiger partial charge >= 0.3 is 0 Å². The number of benzene rings is 2. The number of carbonyl (C=O) groups is 2. The number of aryl methyl sites for hydroxylation is 1. The van der Waals surface area contributed by atoms with Gasteiger partial charge in [0.1, 0.15) is 17.1 Å². The molecule has 28 heavy (non-hydrogen) atoms. The van der Waals surface area contributed by atoms with Gasteiger partial charge in [-0.15, -0.1) is 0 Å². The number of piperidine rings is 1. The number of amides is 1. The van der Waals surface area contributed by atoms with Crippen molar-refractivity contribution in [2.24, 2.45) is 0 Å². The highest BCUT2D eigenvalue weighted by Gasteiger charge is 2.43. The average molecular weight is 379 g/mol. The van der Waals surface area contributed by atoms with Gasteiger partial charge in [0.25, 0.3) is 0 Å². The van der Waals surface area contributed by atoms with Gasteiger partial charge in [-0.1, -0.05) is 30.3 Å². The first-order valence-electron chi connectivity index (χ1n) is 9.80.